The van der Waals surface area contributed by atoms with Crippen LogP contribution in [0.4, 0.5) is 0 Å². The molecule has 1 saturated heterocycles. The predicted octanol–water partition coefficient (Wildman–Crippen LogP) is 1.78. The molecule has 1 heterocycles. The average molecular weight is 224 g/mol. The van der Waals surface area contributed by atoms with Gasteiger partial charge in [-0.05, 0) is 32.7 Å². The molecule has 1 aliphatic carbocycles. The smallest absolute Gasteiger partial charge is 0.225 e. The molecule has 0 aromatic carbocycles. The summed E-state index contributed by atoms with van der Waals surface area (Å²) < 4.78 is 0. The first kappa shape index (κ1) is 11.9. The minimum atomic E-state index is 0.332. The van der Waals surface area contributed by atoms with Gasteiger partial charge in [-0.2, -0.15) is 0 Å². The van der Waals surface area contributed by atoms with Crippen molar-refractivity contribution in [2.45, 2.75) is 51.5 Å². The lowest BCUT2D eigenvalue weighted by molar-refractivity contribution is -0.136. The maximum absolute atomic E-state index is 12.3. The molecule has 3 heteroatoms. The summed E-state index contributed by atoms with van der Waals surface area (Å²) in [6.07, 6.45) is 7.16. The number of rotatable bonds is 1. The van der Waals surface area contributed by atoms with Crippen LogP contribution in [0.15, 0.2) is 0 Å². The highest BCUT2D eigenvalue weighted by Gasteiger charge is 2.27. The number of nitrogens with one attached hydrogen (secondary N) is 1. The van der Waals surface area contributed by atoms with E-state index in [9.17, 15) is 4.79 Å². The molecule has 0 spiro atoms. The van der Waals surface area contributed by atoms with E-state index < -0.39 is 0 Å². The van der Waals surface area contributed by atoms with Gasteiger partial charge in [-0.3, -0.25) is 4.79 Å². The van der Waals surface area contributed by atoms with Crippen molar-refractivity contribution >= 4 is 5.91 Å². The molecule has 1 amide bonds. The predicted molar refractivity (Wildman–Crippen MR) is 65.2 cm³/mol. The number of hydrogen-bond donors (Lipinski definition) is 1. The second-order valence-electron chi connectivity index (χ2n) is 5.33. The maximum atomic E-state index is 12.3. The zero-order valence-electron chi connectivity index (χ0n) is 10.4. The Morgan fingerprint density at radius 2 is 1.94 bits per heavy atom. The van der Waals surface area contributed by atoms with Gasteiger partial charge in [-0.1, -0.05) is 19.3 Å². The van der Waals surface area contributed by atoms with Crippen LogP contribution >= 0.6 is 0 Å². The maximum Gasteiger partial charge on any atom is 0.225 e. The van der Waals surface area contributed by atoms with Gasteiger partial charge in [0.05, 0.1) is 0 Å². The lowest BCUT2D eigenvalue weighted by Crippen LogP contribution is -2.42. The minimum Gasteiger partial charge on any atom is -0.341 e. The molecule has 16 heavy (non-hydrogen) atoms. The van der Waals surface area contributed by atoms with Crippen LogP contribution in [-0.4, -0.2) is 36.5 Å². The first-order chi connectivity index (χ1) is 7.77. The topological polar surface area (TPSA) is 32.3 Å². The molecule has 0 radical (unpaired) electrons. The van der Waals surface area contributed by atoms with Gasteiger partial charge < -0.3 is 10.2 Å². The number of amides is 1. The Morgan fingerprint density at radius 3 is 2.69 bits per heavy atom. The fourth-order valence-electron chi connectivity index (χ4n) is 2.91. The van der Waals surface area contributed by atoms with Crippen LogP contribution in [-0.2, 0) is 4.79 Å². The van der Waals surface area contributed by atoms with Crippen LogP contribution < -0.4 is 5.32 Å². The summed E-state index contributed by atoms with van der Waals surface area (Å²) in [6, 6.07) is 0.454. The molecule has 1 unspecified atom stereocenters. The summed E-state index contributed by atoms with van der Waals surface area (Å²) in [6.45, 7) is 5.07. The van der Waals surface area contributed by atoms with E-state index in [2.05, 4.69) is 17.1 Å². The number of hydrogen-bond acceptors (Lipinski definition) is 2. The summed E-state index contributed by atoms with van der Waals surface area (Å²) in [5, 5.41) is 3.44. The molecular weight excluding hydrogens is 200 g/mol. The molecule has 1 N–H and O–H groups in total. The minimum absolute atomic E-state index is 0.332. The Hall–Kier alpha value is -0.570. The van der Waals surface area contributed by atoms with Crippen LogP contribution in [0.25, 0.3) is 0 Å². The Kier molecular flexibility index (Phi) is 4.22. The van der Waals surface area contributed by atoms with E-state index in [0.717, 1.165) is 38.9 Å². The van der Waals surface area contributed by atoms with Gasteiger partial charge in [0.2, 0.25) is 5.91 Å². The summed E-state index contributed by atoms with van der Waals surface area (Å²) in [4.78, 5) is 14.4. The molecular formula is C13H24N2O. The van der Waals surface area contributed by atoms with E-state index in [-0.39, 0.29) is 0 Å². The molecule has 2 rings (SSSR count). The van der Waals surface area contributed by atoms with Crippen molar-refractivity contribution in [3.63, 3.8) is 0 Å². The van der Waals surface area contributed by atoms with Crippen LogP contribution in [0.2, 0.25) is 0 Å². The fraction of sp³-hybridized carbons (Fsp3) is 0.923. The lowest BCUT2D eigenvalue weighted by Gasteiger charge is -2.29. The van der Waals surface area contributed by atoms with Crippen LogP contribution in [0.1, 0.15) is 45.4 Å². The van der Waals surface area contributed by atoms with E-state index in [1.165, 1.54) is 19.3 Å². The Morgan fingerprint density at radius 1 is 1.19 bits per heavy atom. The molecule has 0 aromatic rings. The van der Waals surface area contributed by atoms with E-state index in [1.807, 2.05) is 0 Å². The highest BCUT2D eigenvalue weighted by molar-refractivity contribution is 5.79. The quantitative estimate of drug-likeness (QED) is 0.736. The first-order valence-corrected chi connectivity index (χ1v) is 6.79. The van der Waals surface area contributed by atoms with Crippen LogP contribution in [0, 0.1) is 5.92 Å². The van der Waals surface area contributed by atoms with Gasteiger partial charge in [0.1, 0.15) is 0 Å². The Bertz CT molecular complexity index is 236. The van der Waals surface area contributed by atoms with E-state index in [4.69, 9.17) is 0 Å². The van der Waals surface area contributed by atoms with Gasteiger partial charge in [0.25, 0.3) is 0 Å². The summed E-state index contributed by atoms with van der Waals surface area (Å²) in [5.41, 5.74) is 0. The van der Waals surface area contributed by atoms with E-state index >= 15 is 0 Å². The van der Waals surface area contributed by atoms with Crippen molar-refractivity contribution in [3.8, 4) is 0 Å². The normalized spacial score (nSPS) is 28.8. The second-order valence-corrected chi connectivity index (χ2v) is 5.33. The van der Waals surface area contributed by atoms with Crippen molar-refractivity contribution in [3.05, 3.63) is 0 Å². The van der Waals surface area contributed by atoms with E-state index in [1.54, 1.807) is 0 Å². The molecule has 2 aliphatic rings. The van der Waals surface area contributed by atoms with Crippen molar-refractivity contribution < 1.29 is 4.79 Å². The van der Waals surface area contributed by atoms with E-state index in [0.29, 0.717) is 17.9 Å². The lowest BCUT2D eigenvalue weighted by atomic mass is 9.88. The molecule has 3 nitrogen and oxygen atoms in total. The molecule has 1 saturated carbocycles. The van der Waals surface area contributed by atoms with Crippen molar-refractivity contribution in [1.82, 2.24) is 10.2 Å². The van der Waals surface area contributed by atoms with Crippen LogP contribution in [0.3, 0.4) is 0 Å². The third kappa shape index (κ3) is 2.97. The van der Waals surface area contributed by atoms with Gasteiger partial charge in [0.15, 0.2) is 0 Å². The summed E-state index contributed by atoms with van der Waals surface area (Å²) in [7, 11) is 0. The highest BCUT2D eigenvalue weighted by atomic mass is 16.2. The SMILES string of the molecule is CC1CN(C(=O)C2CCCCC2)CCCN1. The Balaban J connectivity index is 1.91. The highest BCUT2D eigenvalue weighted by Crippen LogP contribution is 2.25. The summed E-state index contributed by atoms with van der Waals surface area (Å²) in [5.74, 6) is 0.759. The largest absolute Gasteiger partial charge is 0.341 e. The first-order valence-electron chi connectivity index (χ1n) is 6.79. The molecule has 0 bridgehead atoms. The Labute approximate surface area is 98.6 Å². The fourth-order valence-corrected chi connectivity index (χ4v) is 2.91. The number of nitrogens with zero attached hydrogens (tertiary/aromatic N) is 1. The number of carbonyl (C=O) groups excluding carboxylic acids is 1. The standard InChI is InChI=1S/C13H24N2O/c1-11-10-15(9-5-8-14-11)13(16)12-6-3-2-4-7-12/h11-12,14H,2-10H2,1H3. The van der Waals surface area contributed by atoms with Gasteiger partial charge in [-0.25, -0.2) is 0 Å². The monoisotopic (exact) mass is 224 g/mol. The van der Waals surface area contributed by atoms with Crippen molar-refractivity contribution in [1.29, 1.82) is 0 Å². The van der Waals surface area contributed by atoms with Gasteiger partial charge >= 0.3 is 0 Å². The number of carbonyl (C=O) groups is 1. The zero-order chi connectivity index (χ0) is 11.4. The van der Waals surface area contributed by atoms with Gasteiger partial charge in [-0.15, -0.1) is 0 Å². The van der Waals surface area contributed by atoms with Crippen LogP contribution in [0.5, 0.6) is 0 Å². The van der Waals surface area contributed by atoms with Gasteiger partial charge in [0, 0.05) is 25.0 Å². The zero-order valence-corrected chi connectivity index (χ0v) is 10.4. The van der Waals surface area contributed by atoms with Crippen molar-refractivity contribution in [2.75, 3.05) is 19.6 Å². The molecule has 2 fully saturated rings. The van der Waals surface area contributed by atoms with Crippen molar-refractivity contribution in [2.24, 2.45) is 5.92 Å². The third-order valence-electron chi connectivity index (χ3n) is 3.86. The molecule has 0 aromatic heterocycles. The molecule has 1 aliphatic heterocycles. The summed E-state index contributed by atoms with van der Waals surface area (Å²) >= 11 is 0. The second kappa shape index (κ2) is 5.67. The average Bonchev–Trinajstić information content (AvgIpc) is 2.54. The molecule has 92 valence electrons. The third-order valence-corrected chi connectivity index (χ3v) is 3.86. The molecule has 1 atom stereocenters.